The Balaban J connectivity index is 1.91. The molecule has 0 saturated carbocycles. The summed E-state index contributed by atoms with van der Waals surface area (Å²) in [6, 6.07) is 7.76. The summed E-state index contributed by atoms with van der Waals surface area (Å²) in [7, 11) is 0. The van der Waals surface area contributed by atoms with Crippen LogP contribution in [-0.2, 0) is 0 Å². The van der Waals surface area contributed by atoms with E-state index < -0.39 is 0 Å². The fourth-order valence-corrected chi connectivity index (χ4v) is 3.32. The third-order valence-corrected chi connectivity index (χ3v) is 4.37. The number of hydrogen-bond acceptors (Lipinski definition) is 4. The summed E-state index contributed by atoms with van der Waals surface area (Å²) in [6.07, 6.45) is 5.72. The lowest BCUT2D eigenvalue weighted by molar-refractivity contribution is 0.160. The van der Waals surface area contributed by atoms with Crippen molar-refractivity contribution < 1.29 is 5.11 Å². The first-order valence-corrected chi connectivity index (χ1v) is 8.06. The van der Waals surface area contributed by atoms with E-state index in [-0.39, 0.29) is 6.61 Å². The predicted molar refractivity (Wildman–Crippen MR) is 88.0 cm³/mol. The van der Waals surface area contributed by atoms with E-state index in [1.807, 2.05) is 24.3 Å². The molecule has 116 valence electrons. The Labute approximate surface area is 135 Å². The van der Waals surface area contributed by atoms with Crippen molar-refractivity contribution in [2.24, 2.45) is 0 Å². The van der Waals surface area contributed by atoms with Crippen LogP contribution in [0.3, 0.4) is 0 Å². The lowest BCUT2D eigenvalue weighted by Crippen LogP contribution is -2.36. The standard InChI is InChI=1S/C17H20ClN3O/c18-15-5-1-3-13(11-15)16-17(20-7-6-19-16)14-4-2-8-21(12-14)9-10-22/h1,3,5-7,11,14,22H,2,4,8-10,12H2/t14-/m0/s1. The van der Waals surface area contributed by atoms with Gasteiger partial charge < -0.3 is 10.0 Å². The number of β-amino-alcohol motifs (C(OH)–C–C–N with tert-alkyl or cyclic N) is 1. The van der Waals surface area contributed by atoms with Crippen LogP contribution in [0.5, 0.6) is 0 Å². The molecule has 0 bridgehead atoms. The van der Waals surface area contributed by atoms with Gasteiger partial charge in [0.2, 0.25) is 0 Å². The zero-order chi connectivity index (χ0) is 15.4. The Morgan fingerprint density at radius 3 is 2.95 bits per heavy atom. The average Bonchev–Trinajstić information content (AvgIpc) is 2.55. The highest BCUT2D eigenvalue weighted by Gasteiger charge is 2.25. The van der Waals surface area contributed by atoms with Crippen molar-refractivity contribution in [2.45, 2.75) is 18.8 Å². The maximum atomic E-state index is 9.15. The highest BCUT2D eigenvalue weighted by molar-refractivity contribution is 6.30. The Morgan fingerprint density at radius 1 is 1.27 bits per heavy atom. The van der Waals surface area contributed by atoms with Crippen LogP contribution in [0.15, 0.2) is 36.7 Å². The third-order valence-electron chi connectivity index (χ3n) is 4.13. The van der Waals surface area contributed by atoms with Crippen LogP contribution < -0.4 is 0 Å². The Kier molecular flexibility index (Phi) is 5.03. The van der Waals surface area contributed by atoms with Crippen LogP contribution >= 0.6 is 11.6 Å². The van der Waals surface area contributed by atoms with Gasteiger partial charge in [-0.2, -0.15) is 0 Å². The van der Waals surface area contributed by atoms with Crippen LogP contribution in [0.4, 0.5) is 0 Å². The van der Waals surface area contributed by atoms with E-state index in [2.05, 4.69) is 14.9 Å². The number of aliphatic hydroxyl groups is 1. The molecule has 1 saturated heterocycles. The van der Waals surface area contributed by atoms with Gasteiger partial charge in [0.1, 0.15) is 0 Å². The SMILES string of the molecule is OCCN1CCC[C@H](c2nccnc2-c2cccc(Cl)c2)C1. The van der Waals surface area contributed by atoms with Crippen molar-refractivity contribution in [3.05, 3.63) is 47.4 Å². The molecule has 0 radical (unpaired) electrons. The van der Waals surface area contributed by atoms with Crippen molar-refractivity contribution in [3.63, 3.8) is 0 Å². The van der Waals surface area contributed by atoms with Gasteiger partial charge >= 0.3 is 0 Å². The second-order valence-corrected chi connectivity index (χ2v) is 6.10. The molecular formula is C17H20ClN3O. The van der Waals surface area contributed by atoms with Gasteiger partial charge in [-0.3, -0.25) is 9.97 Å². The van der Waals surface area contributed by atoms with Crippen LogP contribution in [0.1, 0.15) is 24.5 Å². The minimum atomic E-state index is 0.203. The van der Waals surface area contributed by atoms with Gasteiger partial charge in [0.25, 0.3) is 0 Å². The molecular weight excluding hydrogens is 298 g/mol. The molecule has 2 heterocycles. The maximum absolute atomic E-state index is 9.15. The Morgan fingerprint density at radius 2 is 2.14 bits per heavy atom. The van der Waals surface area contributed by atoms with E-state index >= 15 is 0 Å². The molecule has 1 aromatic heterocycles. The molecule has 0 spiro atoms. The molecule has 1 atom stereocenters. The van der Waals surface area contributed by atoms with E-state index in [0.29, 0.717) is 10.9 Å². The number of piperidine rings is 1. The van der Waals surface area contributed by atoms with Gasteiger partial charge in [-0.15, -0.1) is 0 Å². The monoisotopic (exact) mass is 317 g/mol. The predicted octanol–water partition coefficient (Wildman–Crippen LogP) is 2.97. The summed E-state index contributed by atoms with van der Waals surface area (Å²) < 4.78 is 0. The first-order valence-electron chi connectivity index (χ1n) is 7.68. The second-order valence-electron chi connectivity index (χ2n) is 5.66. The summed E-state index contributed by atoms with van der Waals surface area (Å²) in [6.45, 7) is 2.90. The molecule has 2 aromatic rings. The quantitative estimate of drug-likeness (QED) is 0.942. The molecule has 1 N–H and O–H groups in total. The second kappa shape index (κ2) is 7.18. The zero-order valence-corrected chi connectivity index (χ0v) is 13.2. The van der Waals surface area contributed by atoms with Crippen LogP contribution in [-0.4, -0.2) is 46.2 Å². The van der Waals surface area contributed by atoms with E-state index in [0.717, 1.165) is 49.4 Å². The fraction of sp³-hybridized carbons (Fsp3) is 0.412. The van der Waals surface area contributed by atoms with E-state index in [4.69, 9.17) is 16.7 Å². The molecule has 0 amide bonds. The van der Waals surface area contributed by atoms with Crippen molar-refractivity contribution in [3.8, 4) is 11.3 Å². The van der Waals surface area contributed by atoms with E-state index in [9.17, 15) is 0 Å². The number of likely N-dealkylation sites (tertiary alicyclic amines) is 1. The summed E-state index contributed by atoms with van der Waals surface area (Å²) in [5.41, 5.74) is 2.96. The molecule has 1 fully saturated rings. The first kappa shape index (κ1) is 15.4. The Bertz CT molecular complexity index is 633. The summed E-state index contributed by atoms with van der Waals surface area (Å²) in [5.74, 6) is 0.350. The van der Waals surface area contributed by atoms with Gasteiger partial charge in [0, 0.05) is 42.0 Å². The van der Waals surface area contributed by atoms with Crippen LogP contribution in [0, 0.1) is 0 Å². The Hall–Kier alpha value is -1.49. The van der Waals surface area contributed by atoms with Gasteiger partial charge in [0.05, 0.1) is 18.0 Å². The maximum Gasteiger partial charge on any atom is 0.0921 e. The average molecular weight is 318 g/mol. The minimum Gasteiger partial charge on any atom is -0.395 e. The lowest BCUT2D eigenvalue weighted by Gasteiger charge is -2.32. The molecule has 0 unspecified atom stereocenters. The molecule has 1 aromatic carbocycles. The number of hydrogen-bond donors (Lipinski definition) is 1. The highest BCUT2D eigenvalue weighted by Crippen LogP contribution is 2.32. The summed E-state index contributed by atoms with van der Waals surface area (Å²) >= 11 is 6.11. The van der Waals surface area contributed by atoms with Crippen molar-refractivity contribution in [1.29, 1.82) is 0 Å². The minimum absolute atomic E-state index is 0.203. The first-order chi connectivity index (χ1) is 10.8. The molecule has 3 rings (SSSR count). The number of benzene rings is 1. The molecule has 1 aliphatic rings. The normalized spacial score (nSPS) is 19.3. The largest absolute Gasteiger partial charge is 0.395 e. The number of nitrogens with zero attached hydrogens (tertiary/aromatic N) is 3. The van der Waals surface area contributed by atoms with Gasteiger partial charge in [0.15, 0.2) is 0 Å². The number of rotatable bonds is 4. The lowest BCUT2D eigenvalue weighted by atomic mass is 9.91. The summed E-state index contributed by atoms with van der Waals surface area (Å²) in [4.78, 5) is 11.5. The molecule has 0 aliphatic carbocycles. The molecule has 5 heteroatoms. The smallest absolute Gasteiger partial charge is 0.0921 e. The zero-order valence-electron chi connectivity index (χ0n) is 12.5. The number of aliphatic hydroxyl groups excluding tert-OH is 1. The molecule has 1 aliphatic heterocycles. The van der Waals surface area contributed by atoms with Crippen molar-refractivity contribution in [2.75, 3.05) is 26.2 Å². The van der Waals surface area contributed by atoms with Gasteiger partial charge in [-0.1, -0.05) is 23.7 Å². The highest BCUT2D eigenvalue weighted by atomic mass is 35.5. The van der Waals surface area contributed by atoms with E-state index in [1.54, 1.807) is 12.4 Å². The van der Waals surface area contributed by atoms with Crippen LogP contribution in [0.2, 0.25) is 5.02 Å². The topological polar surface area (TPSA) is 49.2 Å². The van der Waals surface area contributed by atoms with Crippen molar-refractivity contribution >= 4 is 11.6 Å². The van der Waals surface area contributed by atoms with E-state index in [1.165, 1.54) is 0 Å². The number of aromatic nitrogens is 2. The number of halogens is 1. The van der Waals surface area contributed by atoms with Crippen LogP contribution in [0.25, 0.3) is 11.3 Å². The molecule has 4 nitrogen and oxygen atoms in total. The fourth-order valence-electron chi connectivity index (χ4n) is 3.13. The van der Waals surface area contributed by atoms with Gasteiger partial charge in [-0.05, 0) is 31.5 Å². The van der Waals surface area contributed by atoms with Crippen molar-refractivity contribution in [1.82, 2.24) is 14.9 Å². The summed E-state index contributed by atoms with van der Waals surface area (Å²) in [5, 5.41) is 9.86. The molecule has 22 heavy (non-hydrogen) atoms. The van der Waals surface area contributed by atoms with Gasteiger partial charge in [-0.25, -0.2) is 0 Å². The third kappa shape index (κ3) is 3.46.